The van der Waals surface area contributed by atoms with Gasteiger partial charge >= 0.3 is 8.80 Å². The van der Waals surface area contributed by atoms with Crippen LogP contribution >= 0.6 is 0 Å². The van der Waals surface area contributed by atoms with Crippen LogP contribution in [0.1, 0.15) is 12.0 Å². The normalized spacial score (nSPS) is 13.8. The first-order valence-corrected chi connectivity index (χ1v) is 8.42. The van der Waals surface area contributed by atoms with Crippen LogP contribution in [0.4, 0.5) is 0 Å². The monoisotopic (exact) mass is 296 g/mol. The zero-order chi connectivity index (χ0) is 14.8. The van der Waals surface area contributed by atoms with Crippen LogP contribution in [0, 0.1) is 0 Å². The Morgan fingerprint density at radius 3 is 2.30 bits per heavy atom. The number of rotatable bonds is 9. The third-order valence-corrected chi connectivity index (χ3v) is 5.31. The molecule has 0 aliphatic rings. The topological polar surface area (TPSA) is 79.7 Å². The Morgan fingerprint density at radius 2 is 1.80 bits per heavy atom. The van der Waals surface area contributed by atoms with Crippen molar-refractivity contribution in [3.05, 3.63) is 41.6 Å². The third-order valence-electron chi connectivity index (χ3n) is 2.93. The molecule has 20 heavy (non-hydrogen) atoms. The molecule has 0 heterocycles. The van der Waals surface area contributed by atoms with Gasteiger partial charge in [-0.25, -0.2) is 0 Å². The van der Waals surface area contributed by atoms with Gasteiger partial charge in [0.2, 0.25) is 0 Å². The molecule has 6 heteroatoms. The lowest BCUT2D eigenvalue weighted by molar-refractivity contribution is 0.0673. The largest absolute Gasteiger partial charge is 0.529 e. The van der Waals surface area contributed by atoms with E-state index < -0.39 is 8.80 Å². The molecular weight excluding hydrogens is 272 g/mol. The quantitative estimate of drug-likeness (QED) is 0.669. The predicted molar refractivity (Wildman–Crippen MR) is 82.8 cm³/mol. The molecule has 112 valence electrons. The van der Waals surface area contributed by atoms with Crippen molar-refractivity contribution in [3.8, 4) is 0 Å². The molecule has 1 aromatic rings. The van der Waals surface area contributed by atoms with Crippen molar-refractivity contribution >= 4 is 14.9 Å². The van der Waals surface area contributed by atoms with Gasteiger partial charge in [-0.2, -0.15) is 0 Å². The van der Waals surface area contributed by atoms with E-state index in [4.69, 9.17) is 24.7 Å². The number of hydrogen-bond donors (Lipinski definition) is 2. The SMILES string of the molecule is CO[Si](C=Cc1ccccc1)(OC)OC(CN)CCN. The van der Waals surface area contributed by atoms with Crippen LogP contribution in [0.3, 0.4) is 0 Å². The van der Waals surface area contributed by atoms with Gasteiger partial charge in [-0.05, 0) is 24.2 Å². The Labute approximate surface area is 121 Å². The minimum Gasteiger partial charge on any atom is -0.374 e. The number of benzene rings is 1. The molecule has 1 unspecified atom stereocenters. The smallest absolute Gasteiger partial charge is 0.374 e. The van der Waals surface area contributed by atoms with E-state index in [1.54, 1.807) is 14.2 Å². The van der Waals surface area contributed by atoms with Crippen molar-refractivity contribution in [2.24, 2.45) is 11.5 Å². The highest BCUT2D eigenvalue weighted by Crippen LogP contribution is 2.15. The van der Waals surface area contributed by atoms with E-state index in [1.165, 1.54) is 0 Å². The Kier molecular flexibility index (Phi) is 7.67. The van der Waals surface area contributed by atoms with Crippen LogP contribution in [-0.2, 0) is 13.3 Å². The second-order valence-corrected chi connectivity index (χ2v) is 6.90. The first-order chi connectivity index (χ1) is 9.69. The van der Waals surface area contributed by atoms with Crippen molar-refractivity contribution in [1.82, 2.24) is 0 Å². The van der Waals surface area contributed by atoms with E-state index >= 15 is 0 Å². The van der Waals surface area contributed by atoms with Crippen molar-refractivity contribution in [2.75, 3.05) is 27.3 Å². The number of hydrogen-bond acceptors (Lipinski definition) is 5. The molecular formula is C14H24N2O3Si. The zero-order valence-corrected chi connectivity index (χ0v) is 13.1. The van der Waals surface area contributed by atoms with Gasteiger partial charge in [0, 0.05) is 20.8 Å². The molecule has 0 amide bonds. The van der Waals surface area contributed by atoms with Crippen molar-refractivity contribution in [3.63, 3.8) is 0 Å². The van der Waals surface area contributed by atoms with Gasteiger partial charge < -0.3 is 24.7 Å². The highest BCUT2D eigenvalue weighted by Gasteiger charge is 2.38. The molecule has 0 bridgehead atoms. The van der Waals surface area contributed by atoms with Gasteiger partial charge in [-0.1, -0.05) is 36.4 Å². The summed E-state index contributed by atoms with van der Waals surface area (Å²) in [6.45, 7) is 0.903. The van der Waals surface area contributed by atoms with E-state index in [1.807, 2.05) is 42.1 Å². The molecule has 0 aromatic heterocycles. The predicted octanol–water partition coefficient (Wildman–Crippen LogP) is 1.16. The Bertz CT molecular complexity index is 397. The molecule has 0 radical (unpaired) electrons. The molecule has 1 aromatic carbocycles. The van der Waals surface area contributed by atoms with Gasteiger partial charge in [0.25, 0.3) is 0 Å². The molecule has 1 rings (SSSR count). The molecule has 5 nitrogen and oxygen atoms in total. The van der Waals surface area contributed by atoms with Crippen molar-refractivity contribution in [2.45, 2.75) is 12.5 Å². The minimum absolute atomic E-state index is 0.160. The van der Waals surface area contributed by atoms with E-state index in [0.29, 0.717) is 19.5 Å². The molecule has 4 N–H and O–H groups in total. The summed E-state index contributed by atoms with van der Waals surface area (Å²) in [4.78, 5) is 0. The second-order valence-electron chi connectivity index (χ2n) is 4.31. The van der Waals surface area contributed by atoms with Crippen LogP contribution in [0.25, 0.3) is 6.08 Å². The summed E-state index contributed by atoms with van der Waals surface area (Å²) in [7, 11) is 0.305. The first-order valence-electron chi connectivity index (χ1n) is 6.62. The summed E-state index contributed by atoms with van der Waals surface area (Å²) in [6, 6.07) is 9.92. The molecule has 0 saturated carbocycles. The second kappa shape index (κ2) is 9.01. The molecule has 0 aliphatic carbocycles. The molecule has 0 aliphatic heterocycles. The van der Waals surface area contributed by atoms with Crippen molar-refractivity contribution in [1.29, 1.82) is 0 Å². The van der Waals surface area contributed by atoms with Crippen LogP contribution in [0.5, 0.6) is 0 Å². The maximum absolute atomic E-state index is 5.95. The van der Waals surface area contributed by atoms with Crippen LogP contribution in [0.15, 0.2) is 36.0 Å². The summed E-state index contributed by atoms with van der Waals surface area (Å²) < 4.78 is 16.9. The highest BCUT2D eigenvalue weighted by molar-refractivity contribution is 6.67. The molecule has 0 fully saturated rings. The maximum Gasteiger partial charge on any atom is 0.529 e. The lowest BCUT2D eigenvalue weighted by atomic mass is 10.2. The number of nitrogens with two attached hydrogens (primary N) is 2. The summed E-state index contributed by atoms with van der Waals surface area (Å²) in [5.41, 5.74) is 14.2. The minimum atomic E-state index is -2.86. The van der Waals surface area contributed by atoms with Gasteiger partial charge in [0.1, 0.15) is 0 Å². The van der Waals surface area contributed by atoms with Gasteiger partial charge in [0.15, 0.2) is 0 Å². The third kappa shape index (κ3) is 5.16. The molecule has 0 spiro atoms. The summed E-state index contributed by atoms with van der Waals surface area (Å²) in [5.74, 6) is 0. The van der Waals surface area contributed by atoms with E-state index in [0.717, 1.165) is 5.56 Å². The summed E-state index contributed by atoms with van der Waals surface area (Å²) in [6.07, 6.45) is 2.46. The van der Waals surface area contributed by atoms with E-state index in [2.05, 4.69) is 0 Å². The molecule has 1 atom stereocenters. The van der Waals surface area contributed by atoms with E-state index in [-0.39, 0.29) is 6.10 Å². The molecule has 0 saturated heterocycles. The van der Waals surface area contributed by atoms with Gasteiger partial charge in [0.05, 0.1) is 6.10 Å². The highest BCUT2D eigenvalue weighted by atomic mass is 28.4. The Hall–Kier alpha value is -1.02. The van der Waals surface area contributed by atoms with Crippen LogP contribution in [0.2, 0.25) is 0 Å². The summed E-state index contributed by atoms with van der Waals surface area (Å²) >= 11 is 0. The Morgan fingerprint density at radius 1 is 1.15 bits per heavy atom. The standard InChI is InChI=1S/C14H24N2O3Si/c1-17-20(18-2,19-14(12-16)8-10-15)11-9-13-6-4-3-5-7-13/h3-7,9,11,14H,8,10,12,15-16H2,1-2H3. The fraction of sp³-hybridized carbons (Fsp3) is 0.429. The fourth-order valence-corrected chi connectivity index (χ4v) is 3.55. The lowest BCUT2D eigenvalue weighted by Crippen LogP contribution is -2.47. The average Bonchev–Trinajstić information content (AvgIpc) is 2.51. The lowest BCUT2D eigenvalue weighted by Gasteiger charge is -2.28. The Balaban J connectivity index is 2.82. The van der Waals surface area contributed by atoms with Crippen LogP contribution < -0.4 is 11.5 Å². The maximum atomic E-state index is 5.95. The first kappa shape index (κ1) is 17.0. The zero-order valence-electron chi connectivity index (χ0n) is 12.1. The van der Waals surface area contributed by atoms with Crippen molar-refractivity contribution < 1.29 is 13.3 Å². The summed E-state index contributed by atoms with van der Waals surface area (Å²) in [5, 5.41) is 0. The van der Waals surface area contributed by atoms with Gasteiger partial charge in [-0.3, -0.25) is 0 Å². The van der Waals surface area contributed by atoms with E-state index in [9.17, 15) is 0 Å². The average molecular weight is 296 g/mol. The fourth-order valence-electron chi connectivity index (χ4n) is 1.76. The van der Waals surface area contributed by atoms with Crippen LogP contribution in [-0.4, -0.2) is 42.2 Å². The van der Waals surface area contributed by atoms with Gasteiger partial charge in [-0.15, -0.1) is 0 Å².